The molecular weight excluding hydrogens is 622 g/mol. The molecule has 0 aromatic carbocycles. The number of ether oxygens (including phenoxy) is 2. The van der Waals surface area contributed by atoms with Crippen LogP contribution in [0.15, 0.2) is 0 Å². The van der Waals surface area contributed by atoms with Crippen molar-refractivity contribution < 1.29 is 19.1 Å². The molecule has 2 aliphatic heterocycles. The van der Waals surface area contributed by atoms with Gasteiger partial charge in [-0.3, -0.25) is 0 Å². The molecule has 2 aliphatic rings. The average Bonchev–Trinajstić information content (AvgIpc) is 3.00. The number of halogens is 3. The van der Waals surface area contributed by atoms with Crippen molar-refractivity contribution in [2.75, 3.05) is 69.9 Å². The first-order chi connectivity index (χ1) is 19.6. The van der Waals surface area contributed by atoms with E-state index >= 15 is 0 Å². The first-order valence-corrected chi connectivity index (χ1v) is 14.1. The van der Waals surface area contributed by atoms with Gasteiger partial charge < -0.3 is 41.8 Å². The van der Waals surface area contributed by atoms with Crippen molar-refractivity contribution in [2.45, 2.75) is 46.2 Å². The van der Waals surface area contributed by atoms with Gasteiger partial charge in [0.15, 0.2) is 44.3 Å². The van der Waals surface area contributed by atoms with E-state index in [-0.39, 0.29) is 54.3 Å². The Morgan fingerprint density at radius 3 is 1.84 bits per heavy atom. The molecule has 2 aromatic heterocycles. The first kappa shape index (κ1) is 40.3. The lowest BCUT2D eigenvalue weighted by Gasteiger charge is -2.34. The molecule has 0 aliphatic carbocycles. The maximum atomic E-state index is 11.5. The maximum absolute atomic E-state index is 11.5. The highest BCUT2D eigenvalue weighted by Crippen LogP contribution is 2.26. The fraction of sp³-hybridized carbons (Fsp3) is 0.600. The van der Waals surface area contributed by atoms with Crippen molar-refractivity contribution in [1.82, 2.24) is 35.9 Å². The average molecular weight is 663 g/mol. The fourth-order valence-corrected chi connectivity index (χ4v) is 4.32. The Balaban J connectivity index is 0.000000661. The van der Waals surface area contributed by atoms with Gasteiger partial charge in [-0.05, 0) is 12.8 Å². The van der Waals surface area contributed by atoms with Crippen LogP contribution >= 0.6 is 34.8 Å². The third kappa shape index (κ3) is 12.1. The van der Waals surface area contributed by atoms with Gasteiger partial charge in [0.2, 0.25) is 0 Å². The molecule has 2 saturated heterocycles. The molecule has 0 amide bonds. The molecule has 14 nitrogen and oxygen atoms in total. The second-order valence-corrected chi connectivity index (χ2v) is 9.94. The number of hydrogen-bond donors (Lipinski definition) is 5. The molecular formula is C25H41BCl3N10O4. The zero-order valence-electron chi connectivity index (χ0n) is 24.0. The topological polar surface area (TPSA) is 196 Å². The second kappa shape index (κ2) is 20.3. The van der Waals surface area contributed by atoms with Crippen LogP contribution in [-0.2, 0) is 9.47 Å². The minimum absolute atomic E-state index is 0. The Morgan fingerprint density at radius 1 is 0.837 bits per heavy atom. The standard InChI is InChI=1S/C12H18ClN5O2.C6H5Cl2N3O2.C6H14N2.CH4.B/c1-3-7-6-18(5-4-15-7)11-9(13)16-8(10(14)17-11)12(19)20-2;1-13-6(12)2-5(9)11-4(8)3(7)10-2;1-2-6-5-7-3-4-8-6;;/h7,15H,3-6H2,1-2H3,(H2,14,17);1H3,(H2,9,11);6-8H,2-5H2,1H3;1H4;/t7-;;6-;;/m0.0../s1. The molecule has 0 saturated carbocycles. The van der Waals surface area contributed by atoms with Gasteiger partial charge in [0.1, 0.15) is 0 Å². The van der Waals surface area contributed by atoms with E-state index in [9.17, 15) is 9.59 Å². The van der Waals surface area contributed by atoms with Gasteiger partial charge >= 0.3 is 11.9 Å². The lowest BCUT2D eigenvalue weighted by atomic mass is 10.1. The molecule has 0 spiro atoms. The Morgan fingerprint density at radius 2 is 1.35 bits per heavy atom. The minimum Gasteiger partial charge on any atom is -0.464 e. The highest BCUT2D eigenvalue weighted by molar-refractivity contribution is 6.40. The van der Waals surface area contributed by atoms with Gasteiger partial charge in [0.05, 0.1) is 14.2 Å². The van der Waals surface area contributed by atoms with Gasteiger partial charge in [-0.15, -0.1) is 0 Å². The molecule has 4 heterocycles. The van der Waals surface area contributed by atoms with Crippen LogP contribution in [-0.4, -0.2) is 106 Å². The van der Waals surface area contributed by atoms with Crippen molar-refractivity contribution >= 4 is 72.6 Å². The highest BCUT2D eigenvalue weighted by Gasteiger charge is 2.24. The smallest absolute Gasteiger partial charge is 0.360 e. The van der Waals surface area contributed by atoms with Crippen LogP contribution in [0.3, 0.4) is 0 Å². The third-order valence-electron chi connectivity index (χ3n) is 6.13. The number of carbonyl (C=O) groups excluding carboxylic acids is 2. The first-order valence-electron chi connectivity index (χ1n) is 13.0. The minimum atomic E-state index is -0.705. The fourth-order valence-electron chi connectivity index (χ4n) is 3.81. The summed E-state index contributed by atoms with van der Waals surface area (Å²) in [4.78, 5) is 39.9. The van der Waals surface area contributed by atoms with Crippen LogP contribution in [0.25, 0.3) is 0 Å². The summed E-state index contributed by atoms with van der Waals surface area (Å²) in [6.45, 7) is 10.1. The molecule has 18 heteroatoms. The number of piperazine rings is 2. The summed E-state index contributed by atoms with van der Waals surface area (Å²) < 4.78 is 8.98. The number of methoxy groups -OCH3 is 2. The van der Waals surface area contributed by atoms with E-state index in [4.69, 9.17) is 46.3 Å². The summed E-state index contributed by atoms with van der Waals surface area (Å²) in [7, 11) is 2.46. The molecule has 239 valence electrons. The van der Waals surface area contributed by atoms with E-state index in [2.05, 4.69) is 59.2 Å². The maximum Gasteiger partial charge on any atom is 0.360 e. The van der Waals surface area contributed by atoms with Crippen LogP contribution in [0.1, 0.15) is 55.1 Å². The number of aromatic nitrogens is 4. The molecule has 3 radical (unpaired) electrons. The number of rotatable bonds is 5. The van der Waals surface area contributed by atoms with Crippen molar-refractivity contribution in [3.05, 3.63) is 26.8 Å². The van der Waals surface area contributed by atoms with Crippen LogP contribution in [0.2, 0.25) is 15.5 Å². The highest BCUT2D eigenvalue weighted by atomic mass is 35.5. The van der Waals surface area contributed by atoms with Crippen molar-refractivity contribution in [2.24, 2.45) is 0 Å². The van der Waals surface area contributed by atoms with E-state index in [1.807, 2.05) is 4.90 Å². The van der Waals surface area contributed by atoms with Gasteiger partial charge in [0.25, 0.3) is 0 Å². The summed E-state index contributed by atoms with van der Waals surface area (Å²) in [5.41, 5.74) is 10.9. The summed E-state index contributed by atoms with van der Waals surface area (Å²) >= 11 is 17.1. The largest absolute Gasteiger partial charge is 0.464 e. The predicted molar refractivity (Wildman–Crippen MR) is 172 cm³/mol. The van der Waals surface area contributed by atoms with E-state index in [0.717, 1.165) is 51.7 Å². The van der Waals surface area contributed by atoms with Crippen LogP contribution in [0, 0.1) is 0 Å². The lowest BCUT2D eigenvalue weighted by Crippen LogP contribution is -2.50. The van der Waals surface area contributed by atoms with Gasteiger partial charge in [-0.25, -0.2) is 29.5 Å². The number of nitrogens with zero attached hydrogens (tertiary/aromatic N) is 5. The molecule has 4 rings (SSSR count). The molecule has 2 aromatic rings. The zero-order chi connectivity index (χ0) is 30.5. The number of carbonyl (C=O) groups is 2. The van der Waals surface area contributed by atoms with Crippen molar-refractivity contribution in [3.63, 3.8) is 0 Å². The molecule has 7 N–H and O–H groups in total. The summed E-state index contributed by atoms with van der Waals surface area (Å²) in [5.74, 6) is -0.917. The third-order valence-corrected chi connectivity index (χ3v) is 7.01. The molecule has 0 bridgehead atoms. The van der Waals surface area contributed by atoms with Crippen LogP contribution in [0.5, 0.6) is 0 Å². The predicted octanol–water partition coefficient (Wildman–Crippen LogP) is 2.05. The number of esters is 2. The number of nitrogens with two attached hydrogens (primary N) is 2. The number of anilines is 3. The summed E-state index contributed by atoms with van der Waals surface area (Å²) in [6, 6.07) is 1.10. The Bertz CT molecular complexity index is 1180. The number of nitrogens with one attached hydrogen (secondary N) is 3. The molecule has 0 unspecified atom stereocenters. The lowest BCUT2D eigenvalue weighted by molar-refractivity contribution is 0.0586. The quantitative estimate of drug-likeness (QED) is 0.230. The van der Waals surface area contributed by atoms with Crippen molar-refractivity contribution in [1.29, 1.82) is 0 Å². The normalized spacial score (nSPS) is 17.4. The van der Waals surface area contributed by atoms with E-state index < -0.39 is 11.9 Å². The molecule has 2 atom stereocenters. The van der Waals surface area contributed by atoms with Gasteiger partial charge in [-0.2, -0.15) is 0 Å². The summed E-state index contributed by atoms with van der Waals surface area (Å²) in [5, 5.41) is 10.2. The van der Waals surface area contributed by atoms with Crippen molar-refractivity contribution in [3.8, 4) is 0 Å². The van der Waals surface area contributed by atoms with E-state index in [1.165, 1.54) is 20.6 Å². The number of nitrogen functional groups attached to an aromatic ring is 2. The summed E-state index contributed by atoms with van der Waals surface area (Å²) in [6.07, 6.45) is 2.25. The zero-order valence-corrected chi connectivity index (χ0v) is 26.3. The Labute approximate surface area is 269 Å². The SMILES string of the molecule is C.CC[C@H]1CN(c2nc(N)c(C(=O)OC)nc2Cl)CCN1.CC[C@H]1CNCCN1.COC(=O)c1nc(Cl)c(Cl)nc1N.[B]. The Kier molecular flexibility index (Phi) is 19.0. The van der Waals surface area contributed by atoms with E-state index in [0.29, 0.717) is 11.9 Å². The second-order valence-electron chi connectivity index (χ2n) is 8.86. The van der Waals surface area contributed by atoms with Gasteiger partial charge in [0, 0.05) is 59.8 Å². The molecule has 2 fully saturated rings. The Hall–Kier alpha value is -2.69. The van der Waals surface area contributed by atoms with Crippen LogP contribution < -0.4 is 32.3 Å². The van der Waals surface area contributed by atoms with E-state index in [1.54, 1.807) is 0 Å². The monoisotopic (exact) mass is 661 g/mol. The van der Waals surface area contributed by atoms with Gasteiger partial charge in [-0.1, -0.05) is 56.1 Å². The van der Waals surface area contributed by atoms with Crippen LogP contribution in [0.4, 0.5) is 17.5 Å². The number of hydrogen-bond acceptors (Lipinski definition) is 14. The molecule has 43 heavy (non-hydrogen) atoms.